The number of rotatable bonds is 5. The topological polar surface area (TPSA) is 30.7 Å². The van der Waals surface area contributed by atoms with Gasteiger partial charge in [0.1, 0.15) is 25.2 Å². The third kappa shape index (κ3) is 3.57. The highest BCUT2D eigenvalue weighted by Crippen LogP contribution is 2.10. The Morgan fingerprint density at radius 1 is 1.33 bits per heavy atom. The normalized spacial score (nSPS) is 23.6. The molecule has 1 saturated heterocycles. The van der Waals surface area contributed by atoms with Crippen molar-refractivity contribution in [1.29, 1.82) is 0 Å². The van der Waals surface area contributed by atoms with Crippen molar-refractivity contribution in [2.45, 2.75) is 32.2 Å². The standard InChI is InChI=1S/C15H21NO2/c1-13-4-2-3-9-16(13)10-11-18-15-7-5-14(12-17)6-8-15/h5-8,12-13H,2-4,9-11H2,1H3/p+1/t13-/m0/s1. The quantitative estimate of drug-likeness (QED) is 0.797. The summed E-state index contributed by atoms with van der Waals surface area (Å²) in [7, 11) is 0. The summed E-state index contributed by atoms with van der Waals surface area (Å²) in [5, 5.41) is 0. The van der Waals surface area contributed by atoms with Crippen LogP contribution in [0, 0.1) is 0 Å². The van der Waals surface area contributed by atoms with Gasteiger partial charge in [0.2, 0.25) is 0 Å². The first-order valence-electron chi connectivity index (χ1n) is 6.82. The van der Waals surface area contributed by atoms with Gasteiger partial charge in [0.15, 0.2) is 0 Å². The minimum atomic E-state index is 0.692. The number of carbonyl (C=O) groups excluding carboxylic acids is 1. The van der Waals surface area contributed by atoms with E-state index in [-0.39, 0.29) is 0 Å². The van der Waals surface area contributed by atoms with Crippen molar-refractivity contribution in [1.82, 2.24) is 0 Å². The van der Waals surface area contributed by atoms with E-state index in [1.165, 1.54) is 25.8 Å². The van der Waals surface area contributed by atoms with Crippen molar-refractivity contribution >= 4 is 6.29 Å². The lowest BCUT2D eigenvalue weighted by Crippen LogP contribution is -3.16. The molecule has 1 heterocycles. The van der Waals surface area contributed by atoms with Crippen LogP contribution in [0.25, 0.3) is 0 Å². The molecule has 0 radical (unpaired) electrons. The fourth-order valence-corrected chi connectivity index (χ4v) is 2.57. The van der Waals surface area contributed by atoms with Gasteiger partial charge >= 0.3 is 0 Å². The van der Waals surface area contributed by atoms with E-state index in [1.807, 2.05) is 12.1 Å². The first kappa shape index (κ1) is 13.1. The van der Waals surface area contributed by atoms with E-state index in [2.05, 4.69) is 6.92 Å². The van der Waals surface area contributed by atoms with E-state index >= 15 is 0 Å². The van der Waals surface area contributed by atoms with Crippen molar-refractivity contribution in [2.75, 3.05) is 19.7 Å². The molecule has 1 unspecified atom stereocenters. The second kappa shape index (κ2) is 6.55. The van der Waals surface area contributed by atoms with Crippen LogP contribution in [0.5, 0.6) is 5.75 Å². The van der Waals surface area contributed by atoms with Crippen LogP contribution in [0.4, 0.5) is 0 Å². The van der Waals surface area contributed by atoms with E-state index in [1.54, 1.807) is 17.0 Å². The predicted octanol–water partition coefficient (Wildman–Crippen LogP) is 1.34. The first-order valence-corrected chi connectivity index (χ1v) is 6.82. The van der Waals surface area contributed by atoms with Gasteiger partial charge in [-0.2, -0.15) is 0 Å². The molecule has 0 aromatic heterocycles. The SMILES string of the molecule is C[C@H]1CCCC[NH+]1CCOc1ccc(C=O)cc1. The molecule has 18 heavy (non-hydrogen) atoms. The van der Waals surface area contributed by atoms with E-state index in [0.717, 1.165) is 31.2 Å². The molecule has 1 aromatic carbocycles. The van der Waals surface area contributed by atoms with E-state index < -0.39 is 0 Å². The zero-order valence-corrected chi connectivity index (χ0v) is 11.0. The van der Waals surface area contributed by atoms with Crippen molar-refractivity contribution in [3.63, 3.8) is 0 Å². The summed E-state index contributed by atoms with van der Waals surface area (Å²) in [4.78, 5) is 12.2. The zero-order valence-electron chi connectivity index (χ0n) is 11.0. The molecule has 0 spiro atoms. The second-order valence-corrected chi connectivity index (χ2v) is 5.09. The van der Waals surface area contributed by atoms with Crippen LogP contribution in [0.3, 0.4) is 0 Å². The number of aldehydes is 1. The Bertz CT molecular complexity index is 375. The van der Waals surface area contributed by atoms with Crippen molar-refractivity contribution in [2.24, 2.45) is 0 Å². The molecule has 1 aliphatic heterocycles. The Balaban J connectivity index is 1.75. The van der Waals surface area contributed by atoms with Crippen LogP contribution in [0.1, 0.15) is 36.5 Å². The van der Waals surface area contributed by atoms with Crippen molar-refractivity contribution < 1.29 is 14.4 Å². The summed E-state index contributed by atoms with van der Waals surface area (Å²) in [6, 6.07) is 8.06. The highest BCUT2D eigenvalue weighted by atomic mass is 16.5. The van der Waals surface area contributed by atoms with Crippen LogP contribution in [-0.4, -0.2) is 32.0 Å². The Hall–Kier alpha value is -1.35. The number of likely N-dealkylation sites (tertiary alicyclic amines) is 1. The molecule has 3 heteroatoms. The number of piperidine rings is 1. The number of nitrogens with one attached hydrogen (secondary N) is 1. The molecule has 0 aliphatic carbocycles. The molecule has 2 rings (SSSR count). The summed E-state index contributed by atoms with van der Waals surface area (Å²) < 4.78 is 5.72. The summed E-state index contributed by atoms with van der Waals surface area (Å²) in [6.07, 6.45) is 4.90. The summed E-state index contributed by atoms with van der Waals surface area (Å²) in [6.45, 7) is 5.42. The smallest absolute Gasteiger partial charge is 0.150 e. The van der Waals surface area contributed by atoms with Gasteiger partial charge in [-0.05, 0) is 50.5 Å². The highest BCUT2D eigenvalue weighted by Gasteiger charge is 2.21. The lowest BCUT2D eigenvalue weighted by molar-refractivity contribution is -0.928. The molecule has 0 saturated carbocycles. The first-order chi connectivity index (χ1) is 8.79. The van der Waals surface area contributed by atoms with Gasteiger partial charge in [-0.15, -0.1) is 0 Å². The molecular weight excluding hydrogens is 226 g/mol. The fraction of sp³-hybridized carbons (Fsp3) is 0.533. The van der Waals surface area contributed by atoms with Gasteiger partial charge < -0.3 is 9.64 Å². The van der Waals surface area contributed by atoms with Crippen LogP contribution < -0.4 is 9.64 Å². The lowest BCUT2D eigenvalue weighted by atomic mass is 10.0. The minimum Gasteiger partial charge on any atom is -0.488 e. The third-order valence-electron chi connectivity index (χ3n) is 3.79. The maximum atomic E-state index is 10.5. The van der Waals surface area contributed by atoms with Gasteiger partial charge in [0, 0.05) is 5.56 Å². The van der Waals surface area contributed by atoms with Crippen molar-refractivity contribution in [3.8, 4) is 5.75 Å². The van der Waals surface area contributed by atoms with Gasteiger partial charge in [-0.25, -0.2) is 0 Å². The van der Waals surface area contributed by atoms with Gasteiger partial charge in [0.05, 0.1) is 12.6 Å². The Labute approximate surface area is 109 Å². The number of ether oxygens (including phenoxy) is 1. The number of quaternary nitrogens is 1. The van der Waals surface area contributed by atoms with Gasteiger partial charge in [-0.3, -0.25) is 4.79 Å². The molecular formula is C15H22NO2+. The Kier molecular flexibility index (Phi) is 4.76. The maximum absolute atomic E-state index is 10.5. The molecule has 1 N–H and O–H groups in total. The fourth-order valence-electron chi connectivity index (χ4n) is 2.57. The van der Waals surface area contributed by atoms with E-state index in [9.17, 15) is 4.79 Å². The molecule has 1 fully saturated rings. The average molecular weight is 248 g/mol. The Morgan fingerprint density at radius 3 is 2.78 bits per heavy atom. The average Bonchev–Trinajstić information content (AvgIpc) is 2.42. The molecule has 98 valence electrons. The molecule has 1 aromatic rings. The molecule has 3 nitrogen and oxygen atoms in total. The van der Waals surface area contributed by atoms with E-state index in [0.29, 0.717) is 5.56 Å². The summed E-state index contributed by atoms with van der Waals surface area (Å²) in [5.41, 5.74) is 0.692. The van der Waals surface area contributed by atoms with Crippen LogP contribution in [0.2, 0.25) is 0 Å². The van der Waals surface area contributed by atoms with Crippen molar-refractivity contribution in [3.05, 3.63) is 29.8 Å². The zero-order chi connectivity index (χ0) is 12.8. The number of hydrogen-bond donors (Lipinski definition) is 1. The lowest BCUT2D eigenvalue weighted by Gasteiger charge is -2.30. The Morgan fingerprint density at radius 2 is 2.11 bits per heavy atom. The predicted molar refractivity (Wildman–Crippen MR) is 71.3 cm³/mol. The molecule has 2 atom stereocenters. The number of benzene rings is 1. The number of carbonyl (C=O) groups is 1. The summed E-state index contributed by atoms with van der Waals surface area (Å²) in [5.74, 6) is 0.852. The van der Waals surface area contributed by atoms with Crippen LogP contribution in [0.15, 0.2) is 24.3 Å². The second-order valence-electron chi connectivity index (χ2n) is 5.09. The largest absolute Gasteiger partial charge is 0.488 e. The molecule has 0 amide bonds. The monoisotopic (exact) mass is 248 g/mol. The van der Waals surface area contributed by atoms with Crippen LogP contribution >= 0.6 is 0 Å². The maximum Gasteiger partial charge on any atom is 0.150 e. The molecule has 0 bridgehead atoms. The van der Waals surface area contributed by atoms with E-state index in [4.69, 9.17) is 4.74 Å². The van der Waals surface area contributed by atoms with Gasteiger partial charge in [0.25, 0.3) is 0 Å². The minimum absolute atomic E-state index is 0.692. The summed E-state index contributed by atoms with van der Waals surface area (Å²) >= 11 is 0. The third-order valence-corrected chi connectivity index (χ3v) is 3.79. The van der Waals surface area contributed by atoms with Crippen LogP contribution in [-0.2, 0) is 0 Å². The number of hydrogen-bond acceptors (Lipinski definition) is 2. The highest BCUT2D eigenvalue weighted by molar-refractivity contribution is 5.74. The van der Waals surface area contributed by atoms with Gasteiger partial charge in [-0.1, -0.05) is 0 Å². The molecule has 1 aliphatic rings.